The van der Waals surface area contributed by atoms with Crippen LogP contribution >= 0.6 is 12.2 Å². The molecule has 0 aliphatic carbocycles. The zero-order chi connectivity index (χ0) is 9.23. The van der Waals surface area contributed by atoms with E-state index in [1.807, 2.05) is 0 Å². The lowest BCUT2D eigenvalue weighted by atomic mass is 10.2. The van der Waals surface area contributed by atoms with E-state index in [1.54, 1.807) is 6.08 Å². The van der Waals surface area contributed by atoms with Crippen molar-refractivity contribution in [2.24, 2.45) is 0 Å². The molecule has 0 bridgehead atoms. The minimum absolute atomic E-state index is 0.536. The van der Waals surface area contributed by atoms with Crippen molar-refractivity contribution in [3.8, 4) is 0 Å². The average Bonchev–Trinajstić information content (AvgIpc) is 2.09. The van der Waals surface area contributed by atoms with E-state index in [-0.39, 0.29) is 0 Å². The van der Waals surface area contributed by atoms with Gasteiger partial charge in [0.25, 0.3) is 0 Å². The summed E-state index contributed by atoms with van der Waals surface area (Å²) in [6.07, 6.45) is 7.11. The third kappa shape index (κ3) is 7.73. The molecule has 0 saturated carbocycles. The summed E-state index contributed by atoms with van der Waals surface area (Å²) in [5.41, 5.74) is 0. The molecule has 0 saturated heterocycles. The standard InChI is InChI=1S/C10H17OS/c1-3-5-6-7-8-10(12)11-9-4-2/h4H,1-3,5-9H2. The highest BCUT2D eigenvalue weighted by atomic mass is 32.1. The van der Waals surface area contributed by atoms with Crippen molar-refractivity contribution in [1.29, 1.82) is 0 Å². The van der Waals surface area contributed by atoms with Gasteiger partial charge in [-0.3, -0.25) is 0 Å². The third-order valence-corrected chi connectivity index (χ3v) is 1.82. The largest absolute Gasteiger partial charge is 0.483 e. The van der Waals surface area contributed by atoms with Crippen molar-refractivity contribution < 1.29 is 4.74 Å². The van der Waals surface area contributed by atoms with E-state index in [2.05, 4.69) is 13.5 Å². The Morgan fingerprint density at radius 1 is 1.33 bits per heavy atom. The van der Waals surface area contributed by atoms with E-state index in [1.165, 1.54) is 12.8 Å². The molecule has 1 nitrogen and oxygen atoms in total. The van der Waals surface area contributed by atoms with Gasteiger partial charge in [0.05, 0.1) is 0 Å². The molecule has 2 heteroatoms. The van der Waals surface area contributed by atoms with E-state index >= 15 is 0 Å². The van der Waals surface area contributed by atoms with Crippen LogP contribution in [0.5, 0.6) is 0 Å². The summed E-state index contributed by atoms with van der Waals surface area (Å²) in [6.45, 7) is 7.86. The number of ether oxygens (including phenoxy) is 1. The molecular formula is C10H17OS. The number of rotatable bonds is 7. The third-order valence-electron chi connectivity index (χ3n) is 1.49. The summed E-state index contributed by atoms with van der Waals surface area (Å²) in [5, 5.41) is 0.707. The zero-order valence-corrected chi connectivity index (χ0v) is 8.37. The molecule has 0 fully saturated rings. The molecule has 1 radical (unpaired) electrons. The number of unbranched alkanes of at least 4 members (excludes halogenated alkanes) is 3. The highest BCUT2D eigenvalue weighted by Crippen LogP contribution is 2.04. The molecule has 69 valence electrons. The van der Waals surface area contributed by atoms with Gasteiger partial charge in [-0.05, 0) is 18.6 Å². The van der Waals surface area contributed by atoms with Crippen LogP contribution in [-0.4, -0.2) is 11.7 Å². The van der Waals surface area contributed by atoms with Crippen LogP contribution < -0.4 is 0 Å². The minimum atomic E-state index is 0.536. The molecule has 0 unspecified atom stereocenters. The molecule has 0 aliphatic rings. The second kappa shape index (κ2) is 8.72. The minimum Gasteiger partial charge on any atom is -0.483 e. The lowest BCUT2D eigenvalue weighted by molar-refractivity contribution is 0.348. The maximum atomic E-state index is 5.17. The second-order valence-electron chi connectivity index (χ2n) is 2.64. The molecule has 12 heavy (non-hydrogen) atoms. The van der Waals surface area contributed by atoms with E-state index in [4.69, 9.17) is 17.0 Å². The van der Waals surface area contributed by atoms with Gasteiger partial charge in [0.15, 0.2) is 5.05 Å². The van der Waals surface area contributed by atoms with Gasteiger partial charge < -0.3 is 4.74 Å². The second-order valence-corrected chi connectivity index (χ2v) is 3.09. The molecule has 0 rings (SSSR count). The van der Waals surface area contributed by atoms with Gasteiger partial charge >= 0.3 is 0 Å². The lowest BCUT2D eigenvalue weighted by Gasteiger charge is -2.03. The normalized spacial score (nSPS) is 9.42. The number of hydrogen-bond donors (Lipinski definition) is 0. The monoisotopic (exact) mass is 185 g/mol. The van der Waals surface area contributed by atoms with Crippen LogP contribution in [0.15, 0.2) is 12.7 Å². The first-order valence-corrected chi connectivity index (χ1v) is 4.78. The summed E-state index contributed by atoms with van der Waals surface area (Å²) < 4.78 is 5.17. The van der Waals surface area contributed by atoms with Crippen molar-refractivity contribution in [2.45, 2.75) is 32.1 Å². The Balaban J connectivity index is 3.13. The van der Waals surface area contributed by atoms with E-state index < -0.39 is 0 Å². The molecule has 0 aromatic carbocycles. The number of thiocarbonyl (C=S) groups is 1. The molecule has 0 heterocycles. The van der Waals surface area contributed by atoms with Crippen LogP contribution in [0.4, 0.5) is 0 Å². The first-order valence-electron chi connectivity index (χ1n) is 4.37. The summed E-state index contributed by atoms with van der Waals surface area (Å²) in [7, 11) is 0. The van der Waals surface area contributed by atoms with Crippen molar-refractivity contribution in [3.05, 3.63) is 19.6 Å². The fraction of sp³-hybridized carbons (Fsp3) is 0.600. The Labute approximate surface area is 80.8 Å². The van der Waals surface area contributed by atoms with Gasteiger partial charge in [0, 0.05) is 6.42 Å². The van der Waals surface area contributed by atoms with E-state index in [0.717, 1.165) is 19.3 Å². The lowest BCUT2D eigenvalue weighted by Crippen LogP contribution is -2.01. The highest BCUT2D eigenvalue weighted by Gasteiger charge is 1.95. The fourth-order valence-electron chi connectivity index (χ4n) is 0.847. The number of hydrogen-bond acceptors (Lipinski definition) is 2. The molecule has 0 aliphatic heterocycles. The quantitative estimate of drug-likeness (QED) is 0.342. The van der Waals surface area contributed by atoms with Crippen molar-refractivity contribution in [1.82, 2.24) is 0 Å². The Bertz CT molecular complexity index is 132. The Morgan fingerprint density at radius 2 is 2.08 bits per heavy atom. The van der Waals surface area contributed by atoms with Crippen LogP contribution in [0.3, 0.4) is 0 Å². The van der Waals surface area contributed by atoms with Gasteiger partial charge in [0.1, 0.15) is 6.61 Å². The smallest absolute Gasteiger partial charge is 0.160 e. The first kappa shape index (κ1) is 11.6. The molecule has 0 spiro atoms. The maximum Gasteiger partial charge on any atom is 0.160 e. The predicted octanol–water partition coefficient (Wildman–Crippen LogP) is 3.30. The Morgan fingerprint density at radius 3 is 2.67 bits per heavy atom. The van der Waals surface area contributed by atoms with Gasteiger partial charge in [0.2, 0.25) is 0 Å². The van der Waals surface area contributed by atoms with Crippen molar-refractivity contribution in [2.75, 3.05) is 6.61 Å². The fourth-order valence-corrected chi connectivity index (χ4v) is 1.06. The Hall–Kier alpha value is -0.370. The zero-order valence-electron chi connectivity index (χ0n) is 7.55. The van der Waals surface area contributed by atoms with Gasteiger partial charge in [-0.15, -0.1) is 0 Å². The first-order chi connectivity index (χ1) is 5.81. The summed E-state index contributed by atoms with van der Waals surface area (Å²) in [6, 6.07) is 0. The average molecular weight is 185 g/mol. The summed E-state index contributed by atoms with van der Waals surface area (Å²) >= 11 is 4.98. The van der Waals surface area contributed by atoms with Crippen molar-refractivity contribution in [3.63, 3.8) is 0 Å². The van der Waals surface area contributed by atoms with Crippen LogP contribution in [0.25, 0.3) is 0 Å². The summed E-state index contributed by atoms with van der Waals surface area (Å²) in [4.78, 5) is 0. The molecule has 0 aromatic heterocycles. The van der Waals surface area contributed by atoms with Crippen LogP contribution in [0.2, 0.25) is 0 Å². The summed E-state index contributed by atoms with van der Waals surface area (Å²) in [5.74, 6) is 0. The predicted molar refractivity (Wildman–Crippen MR) is 57.2 cm³/mol. The maximum absolute atomic E-state index is 5.17. The highest BCUT2D eigenvalue weighted by molar-refractivity contribution is 7.80. The van der Waals surface area contributed by atoms with Crippen LogP contribution in [-0.2, 0) is 4.74 Å². The van der Waals surface area contributed by atoms with Gasteiger partial charge in [-0.25, -0.2) is 0 Å². The van der Waals surface area contributed by atoms with E-state index in [9.17, 15) is 0 Å². The van der Waals surface area contributed by atoms with Gasteiger partial charge in [-0.2, -0.15) is 0 Å². The van der Waals surface area contributed by atoms with Crippen LogP contribution in [0, 0.1) is 6.92 Å². The SMILES string of the molecule is [CH2]CCCCCC(=S)OCC=C. The topological polar surface area (TPSA) is 9.23 Å². The molecule has 0 atom stereocenters. The molecule has 0 N–H and O–H groups in total. The molecule has 0 aromatic rings. The Kier molecular flexibility index (Phi) is 8.46. The van der Waals surface area contributed by atoms with Gasteiger partial charge in [-0.1, -0.05) is 38.8 Å². The molecular weight excluding hydrogens is 168 g/mol. The van der Waals surface area contributed by atoms with E-state index in [0.29, 0.717) is 11.7 Å². The molecule has 0 amide bonds. The van der Waals surface area contributed by atoms with Crippen LogP contribution in [0.1, 0.15) is 32.1 Å². The van der Waals surface area contributed by atoms with Crippen molar-refractivity contribution >= 4 is 17.3 Å².